The predicted octanol–water partition coefficient (Wildman–Crippen LogP) is 6.30. The lowest BCUT2D eigenvalue weighted by atomic mass is 10.1. The van der Waals surface area contributed by atoms with E-state index in [1.54, 1.807) is 46.3 Å². The van der Waals surface area contributed by atoms with Gasteiger partial charge in [-0.05, 0) is 72.5 Å². The molecule has 0 unspecified atom stereocenters. The number of rotatable bonds is 4. The van der Waals surface area contributed by atoms with E-state index in [1.807, 2.05) is 54.8 Å². The Morgan fingerprint density at radius 1 is 1.03 bits per heavy atom. The molecule has 0 bridgehead atoms. The van der Waals surface area contributed by atoms with Crippen LogP contribution >= 0.6 is 22.7 Å². The van der Waals surface area contributed by atoms with Crippen molar-refractivity contribution in [2.24, 2.45) is 0 Å². The molecule has 0 amide bonds. The number of fused-ring (bicyclic) bond motifs is 1. The third-order valence-corrected chi connectivity index (χ3v) is 7.07. The van der Waals surface area contributed by atoms with E-state index in [9.17, 15) is 14.9 Å². The van der Waals surface area contributed by atoms with Crippen molar-refractivity contribution in [3.05, 3.63) is 119 Å². The summed E-state index contributed by atoms with van der Waals surface area (Å²) in [6.07, 6.45) is 3.45. The van der Waals surface area contributed by atoms with Gasteiger partial charge in [0.05, 0.1) is 26.4 Å². The second-order valence-corrected chi connectivity index (χ2v) is 9.66. The summed E-state index contributed by atoms with van der Waals surface area (Å²) >= 11 is 2.65. The Morgan fingerprint density at radius 3 is 2.63 bits per heavy atom. The Morgan fingerprint density at radius 2 is 1.89 bits per heavy atom. The third kappa shape index (κ3) is 4.68. The van der Waals surface area contributed by atoms with Gasteiger partial charge in [0.1, 0.15) is 5.82 Å². The first kappa shape index (κ1) is 22.5. The van der Waals surface area contributed by atoms with Crippen LogP contribution in [-0.4, -0.2) is 14.5 Å². The molecule has 3 heterocycles. The van der Waals surface area contributed by atoms with Gasteiger partial charge < -0.3 is 0 Å². The van der Waals surface area contributed by atoms with Gasteiger partial charge in [0.15, 0.2) is 0 Å². The quantitative estimate of drug-likeness (QED) is 0.167. The minimum atomic E-state index is -0.418. The van der Waals surface area contributed by atoms with Gasteiger partial charge in [0.2, 0.25) is 0 Å². The fourth-order valence-corrected chi connectivity index (χ4v) is 4.94. The molecule has 0 saturated heterocycles. The van der Waals surface area contributed by atoms with Gasteiger partial charge in [0, 0.05) is 16.5 Å². The monoisotopic (exact) mass is 495 g/mol. The lowest BCUT2D eigenvalue weighted by molar-refractivity contribution is -0.380. The average molecular weight is 496 g/mol. The molecule has 5 rings (SSSR count). The summed E-state index contributed by atoms with van der Waals surface area (Å²) in [7, 11) is 0. The van der Waals surface area contributed by atoms with Crippen LogP contribution < -0.4 is 5.56 Å². The predicted molar refractivity (Wildman–Crippen MR) is 142 cm³/mol. The lowest BCUT2D eigenvalue weighted by Gasteiger charge is -2.14. The number of hydrogen-bond acceptors (Lipinski definition) is 6. The Kier molecular flexibility index (Phi) is 6.10. The van der Waals surface area contributed by atoms with Crippen molar-refractivity contribution in [3.8, 4) is 17.5 Å². The van der Waals surface area contributed by atoms with Gasteiger partial charge in [-0.15, -0.1) is 11.3 Å². The molecule has 0 aliphatic heterocycles. The second-order valence-electron chi connectivity index (χ2n) is 7.62. The highest BCUT2D eigenvalue weighted by Gasteiger charge is 2.14. The van der Waals surface area contributed by atoms with E-state index in [0.29, 0.717) is 27.3 Å². The maximum Gasteiger partial charge on any atom is 0.324 e. The van der Waals surface area contributed by atoms with Crippen LogP contribution in [0.15, 0.2) is 76.9 Å². The molecule has 5 aromatic rings. The van der Waals surface area contributed by atoms with Crippen LogP contribution in [0.4, 0.5) is 5.00 Å². The van der Waals surface area contributed by atoms with Crippen molar-refractivity contribution in [1.82, 2.24) is 9.55 Å². The third-order valence-electron chi connectivity index (χ3n) is 5.28. The molecule has 0 spiro atoms. The van der Waals surface area contributed by atoms with Crippen molar-refractivity contribution in [1.29, 1.82) is 0 Å². The highest BCUT2D eigenvalue weighted by molar-refractivity contribution is 7.16. The summed E-state index contributed by atoms with van der Waals surface area (Å²) in [5.41, 5.74) is 2.83. The van der Waals surface area contributed by atoms with E-state index < -0.39 is 4.92 Å². The second kappa shape index (κ2) is 9.50. The zero-order chi connectivity index (χ0) is 24.4. The highest BCUT2D eigenvalue weighted by Crippen LogP contribution is 2.26. The molecule has 0 aliphatic carbocycles. The molecule has 8 heteroatoms. The number of para-hydroxylation sites is 1. The minimum Gasteiger partial charge on any atom is -0.268 e. The maximum absolute atomic E-state index is 13.5. The SMILES string of the molecule is Cc1cc(C#Cc2cccs2)ccc1-n1c(/C=C/c2ccc([N+](=O)[O-])s2)nc2ccccc2c1=O. The van der Waals surface area contributed by atoms with Crippen LogP contribution in [-0.2, 0) is 0 Å². The van der Waals surface area contributed by atoms with E-state index in [1.165, 1.54) is 6.07 Å². The zero-order valence-electron chi connectivity index (χ0n) is 18.5. The molecule has 0 fully saturated rings. The van der Waals surface area contributed by atoms with E-state index >= 15 is 0 Å². The fourth-order valence-electron chi connectivity index (χ4n) is 3.65. The number of hydrogen-bond donors (Lipinski definition) is 0. The first-order valence-corrected chi connectivity index (χ1v) is 12.3. The van der Waals surface area contributed by atoms with Crippen molar-refractivity contribution in [3.63, 3.8) is 0 Å². The van der Waals surface area contributed by atoms with Gasteiger partial charge in [-0.3, -0.25) is 19.5 Å². The molecule has 35 heavy (non-hydrogen) atoms. The lowest BCUT2D eigenvalue weighted by Crippen LogP contribution is -2.23. The molecule has 0 saturated carbocycles. The summed E-state index contributed by atoms with van der Waals surface area (Å²) in [4.78, 5) is 30.6. The van der Waals surface area contributed by atoms with E-state index in [0.717, 1.165) is 27.3 Å². The largest absolute Gasteiger partial charge is 0.324 e. The summed E-state index contributed by atoms with van der Waals surface area (Å²) in [6, 6.07) is 20.0. The Hall–Kier alpha value is -4.32. The number of aryl methyl sites for hydroxylation is 1. The van der Waals surface area contributed by atoms with Gasteiger partial charge >= 0.3 is 5.00 Å². The van der Waals surface area contributed by atoms with Gasteiger partial charge in [0.25, 0.3) is 5.56 Å². The summed E-state index contributed by atoms with van der Waals surface area (Å²) in [5, 5.41) is 13.6. The van der Waals surface area contributed by atoms with Crippen LogP contribution in [0.25, 0.3) is 28.7 Å². The van der Waals surface area contributed by atoms with E-state index in [4.69, 9.17) is 4.98 Å². The first-order valence-electron chi connectivity index (χ1n) is 10.6. The molecule has 3 aromatic heterocycles. The van der Waals surface area contributed by atoms with Crippen molar-refractivity contribution < 1.29 is 4.92 Å². The Balaban J connectivity index is 1.62. The average Bonchev–Trinajstić information content (AvgIpc) is 3.55. The minimum absolute atomic E-state index is 0.0589. The van der Waals surface area contributed by atoms with Crippen molar-refractivity contribution >= 4 is 50.7 Å². The van der Waals surface area contributed by atoms with Crippen LogP contribution in [0.3, 0.4) is 0 Å². The van der Waals surface area contributed by atoms with Crippen molar-refractivity contribution in [2.75, 3.05) is 0 Å². The first-order chi connectivity index (χ1) is 17.0. The van der Waals surface area contributed by atoms with Crippen LogP contribution in [0.1, 0.15) is 26.7 Å². The summed E-state index contributed by atoms with van der Waals surface area (Å²) in [6.45, 7) is 1.93. The Bertz CT molecular complexity index is 1720. The number of nitrogens with zero attached hydrogens (tertiary/aromatic N) is 3. The van der Waals surface area contributed by atoms with Gasteiger partial charge in [-0.1, -0.05) is 41.4 Å². The maximum atomic E-state index is 13.5. The topological polar surface area (TPSA) is 78.0 Å². The number of benzene rings is 2. The molecule has 6 nitrogen and oxygen atoms in total. The van der Waals surface area contributed by atoms with E-state index in [2.05, 4.69) is 11.8 Å². The fraction of sp³-hybridized carbons (Fsp3) is 0.0370. The number of nitro groups is 1. The normalized spacial score (nSPS) is 11.0. The molecule has 0 atom stereocenters. The van der Waals surface area contributed by atoms with Gasteiger partial charge in [-0.25, -0.2) is 4.98 Å². The molecule has 2 aromatic carbocycles. The molecule has 0 aliphatic rings. The zero-order valence-corrected chi connectivity index (χ0v) is 20.1. The summed E-state index contributed by atoms with van der Waals surface area (Å²) in [5.74, 6) is 6.76. The van der Waals surface area contributed by atoms with Crippen LogP contribution in [0, 0.1) is 28.9 Å². The molecule has 0 N–H and O–H groups in total. The Labute approximate surface area is 208 Å². The molecule has 0 radical (unpaired) electrons. The highest BCUT2D eigenvalue weighted by atomic mass is 32.1. The van der Waals surface area contributed by atoms with E-state index in [-0.39, 0.29) is 10.6 Å². The standard InChI is InChI=1S/C27H17N3O3S2/c1-18-17-19(8-10-20-5-4-16-34-20)9-13-24(18)29-25(14-11-21-12-15-26(35-21)30(32)33)28-23-7-3-2-6-22(23)27(29)31/h2-7,9,11-17H,1H3/b14-11+. The molecular weight excluding hydrogens is 478 g/mol. The smallest absolute Gasteiger partial charge is 0.268 e. The summed E-state index contributed by atoms with van der Waals surface area (Å²) < 4.78 is 1.58. The van der Waals surface area contributed by atoms with Crippen molar-refractivity contribution in [2.45, 2.75) is 6.92 Å². The van der Waals surface area contributed by atoms with Crippen LogP contribution in [0.5, 0.6) is 0 Å². The molecule has 170 valence electrons. The molecular formula is C27H17N3O3S2. The number of thiophene rings is 2. The number of aromatic nitrogens is 2. The van der Waals surface area contributed by atoms with Crippen LogP contribution in [0.2, 0.25) is 0 Å². The van der Waals surface area contributed by atoms with Gasteiger partial charge in [-0.2, -0.15) is 0 Å².